The summed E-state index contributed by atoms with van der Waals surface area (Å²) >= 11 is 1.71. The molecule has 0 aliphatic carbocycles. The predicted octanol–water partition coefficient (Wildman–Crippen LogP) is 4.58. The Hall–Kier alpha value is -3.25. The van der Waals surface area contributed by atoms with Gasteiger partial charge >= 0.3 is 0 Å². The van der Waals surface area contributed by atoms with E-state index < -0.39 is 5.41 Å². The van der Waals surface area contributed by atoms with Gasteiger partial charge in [0.1, 0.15) is 5.69 Å². The maximum absolute atomic E-state index is 13.3. The van der Waals surface area contributed by atoms with Crippen molar-refractivity contribution >= 4 is 23.2 Å². The van der Waals surface area contributed by atoms with Crippen molar-refractivity contribution in [1.82, 2.24) is 15.2 Å². The zero-order chi connectivity index (χ0) is 22.4. The number of rotatable bonds is 7. The number of piperidine rings is 1. The minimum atomic E-state index is -0.684. The van der Waals surface area contributed by atoms with E-state index in [1.807, 2.05) is 12.1 Å². The van der Waals surface area contributed by atoms with Gasteiger partial charge in [0.05, 0.1) is 5.41 Å². The molecule has 1 N–H and O–H groups in total. The second-order valence-corrected chi connectivity index (χ2v) is 9.12. The van der Waals surface area contributed by atoms with Crippen LogP contribution in [0.2, 0.25) is 0 Å². The van der Waals surface area contributed by atoms with Gasteiger partial charge in [0.2, 0.25) is 5.91 Å². The van der Waals surface area contributed by atoms with Crippen LogP contribution in [0.3, 0.4) is 0 Å². The number of nitrogens with zero attached hydrogens (tertiary/aromatic N) is 2. The summed E-state index contributed by atoms with van der Waals surface area (Å²) in [5, 5.41) is 5.05. The Kier molecular flexibility index (Phi) is 6.81. The second-order valence-electron chi connectivity index (χ2n) is 8.18. The van der Waals surface area contributed by atoms with Gasteiger partial charge in [-0.05, 0) is 54.0 Å². The molecule has 3 aromatic rings. The molecule has 2 amide bonds. The molecule has 1 fully saturated rings. The van der Waals surface area contributed by atoms with Crippen LogP contribution in [0.4, 0.5) is 0 Å². The summed E-state index contributed by atoms with van der Waals surface area (Å²) in [5.41, 5.74) is 1.99. The maximum Gasteiger partial charge on any atom is 0.272 e. The Balaban J connectivity index is 1.58. The summed E-state index contributed by atoms with van der Waals surface area (Å²) in [6.07, 6.45) is 5.38. The van der Waals surface area contributed by atoms with Gasteiger partial charge in [-0.15, -0.1) is 17.9 Å². The van der Waals surface area contributed by atoms with Gasteiger partial charge in [-0.1, -0.05) is 42.5 Å². The highest BCUT2D eigenvalue weighted by atomic mass is 32.1. The molecule has 2 aromatic heterocycles. The Labute approximate surface area is 192 Å². The second kappa shape index (κ2) is 9.92. The van der Waals surface area contributed by atoms with Crippen LogP contribution in [0.25, 0.3) is 10.4 Å². The van der Waals surface area contributed by atoms with Crippen molar-refractivity contribution in [2.24, 2.45) is 5.41 Å². The summed E-state index contributed by atoms with van der Waals surface area (Å²) in [7, 11) is 0. The number of likely N-dealkylation sites (tertiary alicyclic amines) is 1. The fourth-order valence-corrected chi connectivity index (χ4v) is 5.07. The molecule has 0 unspecified atom stereocenters. The minimum absolute atomic E-state index is 0.0294. The van der Waals surface area contributed by atoms with E-state index in [1.165, 1.54) is 10.4 Å². The van der Waals surface area contributed by atoms with Gasteiger partial charge in [-0.3, -0.25) is 14.6 Å². The Morgan fingerprint density at radius 1 is 1.16 bits per heavy atom. The van der Waals surface area contributed by atoms with Gasteiger partial charge < -0.3 is 10.2 Å². The van der Waals surface area contributed by atoms with Crippen LogP contribution in [-0.2, 0) is 11.2 Å². The van der Waals surface area contributed by atoms with Crippen molar-refractivity contribution in [2.45, 2.75) is 19.3 Å². The smallest absolute Gasteiger partial charge is 0.272 e. The van der Waals surface area contributed by atoms with Gasteiger partial charge in [-0.2, -0.15) is 0 Å². The van der Waals surface area contributed by atoms with Crippen LogP contribution in [-0.4, -0.2) is 41.3 Å². The van der Waals surface area contributed by atoms with Crippen LogP contribution < -0.4 is 5.32 Å². The normalized spacial score (nSPS) is 18.2. The van der Waals surface area contributed by atoms with Gasteiger partial charge in [0.15, 0.2) is 0 Å². The van der Waals surface area contributed by atoms with Crippen molar-refractivity contribution < 1.29 is 9.59 Å². The Morgan fingerprint density at radius 2 is 2.00 bits per heavy atom. The maximum atomic E-state index is 13.3. The van der Waals surface area contributed by atoms with E-state index in [0.29, 0.717) is 31.7 Å². The van der Waals surface area contributed by atoms with E-state index in [9.17, 15) is 9.59 Å². The first-order chi connectivity index (χ1) is 15.6. The number of carbonyl (C=O) groups is 2. The van der Waals surface area contributed by atoms with E-state index in [-0.39, 0.29) is 11.8 Å². The van der Waals surface area contributed by atoms with Crippen molar-refractivity contribution in [3.8, 4) is 10.4 Å². The third-order valence-electron chi connectivity index (χ3n) is 5.94. The molecule has 0 spiro atoms. The molecule has 1 aromatic carbocycles. The minimum Gasteiger partial charge on any atom is -0.352 e. The molecule has 0 radical (unpaired) electrons. The monoisotopic (exact) mass is 445 g/mol. The van der Waals surface area contributed by atoms with Crippen molar-refractivity contribution in [3.63, 3.8) is 0 Å². The number of benzene rings is 1. The summed E-state index contributed by atoms with van der Waals surface area (Å²) in [6, 6.07) is 17.9. The lowest BCUT2D eigenvalue weighted by Gasteiger charge is -2.41. The molecule has 4 rings (SSSR count). The topological polar surface area (TPSA) is 62.3 Å². The molecular formula is C26H27N3O2S. The van der Waals surface area contributed by atoms with Gasteiger partial charge in [-0.25, -0.2) is 0 Å². The number of thiophene rings is 1. The standard InChI is InChI=1S/C26H27N3O2S/c1-2-14-28-25(31)26(18-20-9-11-21(12-10-20)23-8-5-17-32-23)13-6-16-29(19-26)24(30)22-7-3-4-15-27-22/h2-5,7-12,15,17H,1,6,13-14,16,18-19H2,(H,28,31)/t26-/m1/s1. The SMILES string of the molecule is C=CCNC(=O)[C@@]1(Cc2ccc(-c3cccs3)cc2)CCCN(C(=O)c2ccccn2)C1. The molecule has 0 saturated carbocycles. The predicted molar refractivity (Wildman–Crippen MR) is 128 cm³/mol. The molecule has 3 heterocycles. The average molecular weight is 446 g/mol. The fraction of sp³-hybridized carbons (Fsp3) is 0.269. The average Bonchev–Trinajstić information content (AvgIpc) is 3.38. The van der Waals surface area contributed by atoms with Crippen molar-refractivity contribution in [3.05, 3.63) is 90.1 Å². The summed E-state index contributed by atoms with van der Waals surface area (Å²) < 4.78 is 0. The number of hydrogen-bond acceptors (Lipinski definition) is 4. The lowest BCUT2D eigenvalue weighted by Crippen LogP contribution is -2.54. The highest BCUT2D eigenvalue weighted by Crippen LogP contribution is 2.35. The highest BCUT2D eigenvalue weighted by Gasteiger charge is 2.43. The first-order valence-electron chi connectivity index (χ1n) is 10.8. The number of nitrogens with one attached hydrogen (secondary N) is 1. The summed E-state index contributed by atoms with van der Waals surface area (Å²) in [6.45, 7) is 5.12. The first kappa shape index (κ1) is 22.0. The molecule has 6 heteroatoms. The number of pyridine rings is 1. The molecule has 1 aliphatic heterocycles. The Morgan fingerprint density at radius 3 is 2.69 bits per heavy atom. The molecule has 164 valence electrons. The van der Waals surface area contributed by atoms with Crippen LogP contribution in [0, 0.1) is 5.41 Å². The van der Waals surface area contributed by atoms with E-state index in [4.69, 9.17) is 0 Å². The molecule has 32 heavy (non-hydrogen) atoms. The summed E-state index contributed by atoms with van der Waals surface area (Å²) in [4.78, 5) is 33.6. The summed E-state index contributed by atoms with van der Waals surface area (Å²) in [5.74, 6) is -0.155. The number of amides is 2. The fourth-order valence-electron chi connectivity index (χ4n) is 4.34. The Bertz CT molecular complexity index is 1060. The zero-order valence-corrected chi connectivity index (χ0v) is 18.8. The lowest BCUT2D eigenvalue weighted by molar-refractivity contribution is -0.133. The van der Waals surface area contributed by atoms with Crippen molar-refractivity contribution in [2.75, 3.05) is 19.6 Å². The van der Waals surface area contributed by atoms with Crippen molar-refractivity contribution in [1.29, 1.82) is 0 Å². The third-order valence-corrected chi connectivity index (χ3v) is 6.86. The molecule has 1 saturated heterocycles. The lowest BCUT2D eigenvalue weighted by atomic mass is 9.74. The van der Waals surface area contributed by atoms with E-state index in [1.54, 1.807) is 40.6 Å². The quantitative estimate of drug-likeness (QED) is 0.542. The molecule has 1 atom stereocenters. The highest BCUT2D eigenvalue weighted by molar-refractivity contribution is 7.13. The van der Waals surface area contributed by atoms with E-state index in [2.05, 4.69) is 52.6 Å². The number of carbonyl (C=O) groups excluding carboxylic acids is 2. The largest absolute Gasteiger partial charge is 0.352 e. The van der Waals surface area contributed by atoms with Gasteiger partial charge in [0.25, 0.3) is 5.91 Å². The first-order valence-corrected chi connectivity index (χ1v) is 11.7. The number of hydrogen-bond donors (Lipinski definition) is 1. The zero-order valence-electron chi connectivity index (χ0n) is 18.0. The number of aromatic nitrogens is 1. The molecule has 1 aliphatic rings. The van der Waals surface area contributed by atoms with Gasteiger partial charge in [0, 0.05) is 30.7 Å². The van der Waals surface area contributed by atoms with E-state index in [0.717, 1.165) is 18.4 Å². The molecule has 5 nitrogen and oxygen atoms in total. The van der Waals surface area contributed by atoms with E-state index >= 15 is 0 Å². The van der Waals surface area contributed by atoms with Crippen LogP contribution in [0.1, 0.15) is 28.9 Å². The van der Waals surface area contributed by atoms with Crippen LogP contribution in [0.5, 0.6) is 0 Å². The van der Waals surface area contributed by atoms with Crippen LogP contribution >= 0.6 is 11.3 Å². The molecular weight excluding hydrogens is 418 g/mol. The van der Waals surface area contributed by atoms with Crippen LogP contribution in [0.15, 0.2) is 78.8 Å². The third kappa shape index (κ3) is 4.81. The molecule has 0 bridgehead atoms.